The number of Topliss-reactive ketones (excluding diaryl/α,β-unsaturated/α-hetero) is 1. The Morgan fingerprint density at radius 3 is 2.56 bits per heavy atom. The molecule has 2 aliphatic rings. The fourth-order valence-corrected chi connectivity index (χ4v) is 4.92. The van der Waals surface area contributed by atoms with Crippen LogP contribution in [0.1, 0.15) is 42.0 Å². The monoisotopic (exact) mass is 425 g/mol. The Bertz CT molecular complexity index is 1400. The lowest BCUT2D eigenvalue weighted by Gasteiger charge is -2.31. The normalized spacial score (nSPS) is 16.4. The van der Waals surface area contributed by atoms with Gasteiger partial charge in [0.25, 0.3) is 0 Å². The molecule has 0 spiro atoms. The van der Waals surface area contributed by atoms with Crippen LogP contribution in [0.25, 0.3) is 27.8 Å². The van der Waals surface area contributed by atoms with E-state index in [1.165, 1.54) is 0 Å². The first-order valence-electron chi connectivity index (χ1n) is 10.8. The van der Waals surface area contributed by atoms with Crippen molar-refractivity contribution in [1.29, 1.82) is 0 Å². The van der Waals surface area contributed by atoms with Crippen molar-refractivity contribution in [2.24, 2.45) is 5.41 Å². The van der Waals surface area contributed by atoms with Gasteiger partial charge in [0.1, 0.15) is 0 Å². The Labute approximate surface area is 185 Å². The highest BCUT2D eigenvalue weighted by Crippen LogP contribution is 2.45. The Morgan fingerprint density at radius 2 is 1.75 bits per heavy atom. The van der Waals surface area contributed by atoms with Gasteiger partial charge < -0.3 is 9.47 Å². The standard InChI is InChI=1S/C26H23N3O3/c1-15-22-23(16-9-10-20-21(11-16)32-14-31-20)24-18(12-26(2,3)13-19(24)30)27-25(22)29(28-15)17-7-5-4-6-8-17/h4-11H,12-14H2,1-3H3. The van der Waals surface area contributed by atoms with Crippen molar-refractivity contribution in [1.82, 2.24) is 14.8 Å². The van der Waals surface area contributed by atoms with Crippen LogP contribution in [0.4, 0.5) is 0 Å². The highest BCUT2D eigenvalue weighted by atomic mass is 16.7. The van der Waals surface area contributed by atoms with Gasteiger partial charge in [-0.05, 0) is 48.6 Å². The first kappa shape index (κ1) is 19.0. The molecule has 1 aliphatic carbocycles. The molecule has 2 aromatic carbocycles. The quantitative estimate of drug-likeness (QED) is 0.437. The summed E-state index contributed by atoms with van der Waals surface area (Å²) in [4.78, 5) is 18.5. The topological polar surface area (TPSA) is 66.2 Å². The Kier molecular flexibility index (Phi) is 3.97. The number of nitrogens with zero attached hydrogens (tertiary/aromatic N) is 3. The minimum atomic E-state index is -0.135. The van der Waals surface area contributed by atoms with Crippen molar-refractivity contribution in [3.8, 4) is 28.3 Å². The predicted octanol–water partition coefficient (Wildman–Crippen LogP) is 5.28. The number of carbonyl (C=O) groups excluding carboxylic acids is 1. The molecule has 0 amide bonds. The Hall–Kier alpha value is -3.67. The first-order chi connectivity index (χ1) is 15.4. The van der Waals surface area contributed by atoms with E-state index in [0.717, 1.165) is 51.4 Å². The lowest BCUT2D eigenvalue weighted by Crippen LogP contribution is -2.28. The highest BCUT2D eigenvalue weighted by molar-refractivity contribution is 6.12. The van der Waals surface area contributed by atoms with Crippen molar-refractivity contribution >= 4 is 16.8 Å². The third kappa shape index (κ3) is 2.83. The number of carbonyl (C=O) groups is 1. The second-order valence-electron chi connectivity index (χ2n) is 9.35. The number of benzene rings is 2. The van der Waals surface area contributed by atoms with E-state index in [2.05, 4.69) is 13.8 Å². The lowest BCUT2D eigenvalue weighted by atomic mass is 9.73. The van der Waals surface area contributed by atoms with E-state index in [1.54, 1.807) is 0 Å². The summed E-state index contributed by atoms with van der Waals surface area (Å²) in [5.74, 6) is 1.54. The average Bonchev–Trinajstić information content (AvgIpc) is 3.36. The maximum atomic E-state index is 13.4. The molecular formula is C26H23N3O3. The molecule has 0 radical (unpaired) electrons. The smallest absolute Gasteiger partial charge is 0.231 e. The fraction of sp³-hybridized carbons (Fsp3) is 0.269. The molecule has 32 heavy (non-hydrogen) atoms. The molecule has 6 nitrogen and oxygen atoms in total. The molecule has 1 aliphatic heterocycles. The molecule has 0 unspecified atom stereocenters. The lowest BCUT2D eigenvalue weighted by molar-refractivity contribution is 0.0911. The number of ketones is 1. The van der Waals surface area contributed by atoms with Crippen molar-refractivity contribution < 1.29 is 14.3 Å². The van der Waals surface area contributed by atoms with Crippen LogP contribution in [0, 0.1) is 12.3 Å². The molecule has 0 fully saturated rings. The molecule has 2 aromatic heterocycles. The van der Waals surface area contributed by atoms with Crippen LogP contribution in [0.2, 0.25) is 0 Å². The summed E-state index contributed by atoms with van der Waals surface area (Å²) < 4.78 is 13.0. The van der Waals surface area contributed by atoms with E-state index in [0.29, 0.717) is 17.7 Å². The number of fused-ring (bicyclic) bond motifs is 3. The maximum Gasteiger partial charge on any atom is 0.231 e. The van der Waals surface area contributed by atoms with Gasteiger partial charge in [-0.3, -0.25) is 4.79 Å². The zero-order valence-electron chi connectivity index (χ0n) is 18.3. The number of rotatable bonds is 2. The van der Waals surface area contributed by atoms with Crippen molar-refractivity contribution in [3.63, 3.8) is 0 Å². The van der Waals surface area contributed by atoms with E-state index in [9.17, 15) is 4.79 Å². The Morgan fingerprint density at radius 1 is 0.969 bits per heavy atom. The zero-order chi connectivity index (χ0) is 22.0. The highest BCUT2D eigenvalue weighted by Gasteiger charge is 2.36. The third-order valence-corrected chi connectivity index (χ3v) is 6.29. The number of aryl methyl sites for hydroxylation is 1. The summed E-state index contributed by atoms with van der Waals surface area (Å²) in [6.45, 7) is 6.43. The van der Waals surface area contributed by atoms with Gasteiger partial charge in [-0.25, -0.2) is 9.67 Å². The van der Waals surface area contributed by atoms with Gasteiger partial charge in [0, 0.05) is 17.5 Å². The molecule has 0 bridgehead atoms. The number of aromatic nitrogens is 3. The number of pyridine rings is 1. The van der Waals surface area contributed by atoms with E-state index in [1.807, 2.05) is 60.1 Å². The minimum absolute atomic E-state index is 0.130. The SMILES string of the molecule is Cc1nn(-c2ccccc2)c2nc3c(c(-c4ccc5c(c4)OCO5)c12)C(=O)CC(C)(C)C3. The molecule has 6 rings (SSSR count). The summed E-state index contributed by atoms with van der Waals surface area (Å²) in [5, 5.41) is 5.74. The molecule has 6 heteroatoms. The summed E-state index contributed by atoms with van der Waals surface area (Å²) in [6.07, 6.45) is 1.23. The van der Waals surface area contributed by atoms with Gasteiger partial charge in [0.2, 0.25) is 6.79 Å². The predicted molar refractivity (Wildman–Crippen MR) is 122 cm³/mol. The molecular weight excluding hydrogens is 402 g/mol. The van der Waals surface area contributed by atoms with Crippen LogP contribution in [0.3, 0.4) is 0 Å². The number of para-hydroxylation sites is 1. The summed E-state index contributed by atoms with van der Waals surface area (Å²) in [6, 6.07) is 15.9. The largest absolute Gasteiger partial charge is 0.454 e. The van der Waals surface area contributed by atoms with Crippen LogP contribution in [-0.2, 0) is 6.42 Å². The second-order valence-corrected chi connectivity index (χ2v) is 9.35. The maximum absolute atomic E-state index is 13.4. The molecule has 3 heterocycles. The summed E-state index contributed by atoms with van der Waals surface area (Å²) in [7, 11) is 0. The van der Waals surface area contributed by atoms with Crippen LogP contribution >= 0.6 is 0 Å². The molecule has 0 saturated heterocycles. The zero-order valence-corrected chi connectivity index (χ0v) is 18.3. The molecule has 0 N–H and O–H groups in total. The van der Waals surface area contributed by atoms with Gasteiger partial charge in [-0.15, -0.1) is 0 Å². The van der Waals surface area contributed by atoms with E-state index in [-0.39, 0.29) is 18.0 Å². The van der Waals surface area contributed by atoms with Crippen molar-refractivity contribution in [3.05, 3.63) is 65.5 Å². The van der Waals surface area contributed by atoms with Crippen LogP contribution < -0.4 is 9.47 Å². The van der Waals surface area contributed by atoms with E-state index < -0.39 is 0 Å². The fourth-order valence-electron chi connectivity index (χ4n) is 4.92. The van der Waals surface area contributed by atoms with Gasteiger partial charge in [0.15, 0.2) is 22.9 Å². The first-order valence-corrected chi connectivity index (χ1v) is 10.8. The molecule has 0 saturated carbocycles. The van der Waals surface area contributed by atoms with Gasteiger partial charge >= 0.3 is 0 Å². The summed E-state index contributed by atoms with van der Waals surface area (Å²) in [5.41, 5.74) is 5.77. The van der Waals surface area contributed by atoms with Gasteiger partial charge in [0.05, 0.1) is 22.5 Å². The minimum Gasteiger partial charge on any atom is -0.454 e. The average molecular weight is 425 g/mol. The van der Waals surface area contributed by atoms with Crippen molar-refractivity contribution in [2.45, 2.75) is 33.6 Å². The van der Waals surface area contributed by atoms with E-state index >= 15 is 0 Å². The number of ether oxygens (including phenoxy) is 2. The van der Waals surface area contributed by atoms with Gasteiger partial charge in [-0.1, -0.05) is 38.1 Å². The summed E-state index contributed by atoms with van der Waals surface area (Å²) >= 11 is 0. The Balaban J connectivity index is 1.71. The van der Waals surface area contributed by atoms with Crippen LogP contribution in [0.15, 0.2) is 48.5 Å². The van der Waals surface area contributed by atoms with Crippen LogP contribution in [-0.4, -0.2) is 27.3 Å². The second kappa shape index (κ2) is 6.66. The molecule has 160 valence electrons. The number of hydrogen-bond acceptors (Lipinski definition) is 5. The number of hydrogen-bond donors (Lipinski definition) is 0. The van der Waals surface area contributed by atoms with E-state index in [4.69, 9.17) is 19.6 Å². The van der Waals surface area contributed by atoms with Crippen LogP contribution in [0.5, 0.6) is 11.5 Å². The van der Waals surface area contributed by atoms with Crippen molar-refractivity contribution in [2.75, 3.05) is 6.79 Å². The molecule has 0 atom stereocenters. The third-order valence-electron chi connectivity index (χ3n) is 6.29. The molecule has 4 aromatic rings. The van der Waals surface area contributed by atoms with Gasteiger partial charge in [-0.2, -0.15) is 5.10 Å².